The maximum Gasteiger partial charge on any atom is 0.269 e. The number of fused-ring (bicyclic) bond motifs is 1. The highest BCUT2D eigenvalue weighted by Gasteiger charge is 2.19. The Kier molecular flexibility index (Phi) is 4.11. The minimum atomic E-state index is -0.493. The number of benzene rings is 1. The van der Waals surface area contributed by atoms with Gasteiger partial charge in [-0.3, -0.25) is 19.9 Å². The van der Waals surface area contributed by atoms with Crippen molar-refractivity contribution < 1.29 is 10.0 Å². The predicted molar refractivity (Wildman–Crippen MR) is 101 cm³/mol. The topological polar surface area (TPSA) is 126 Å². The van der Waals surface area contributed by atoms with Gasteiger partial charge in [0.1, 0.15) is 5.65 Å². The lowest BCUT2D eigenvalue weighted by atomic mass is 10.1. The predicted octanol–water partition coefficient (Wildman–Crippen LogP) is 2.60. The molecular weight excluding hydrogens is 362 g/mol. The quantitative estimate of drug-likeness (QED) is 0.416. The van der Waals surface area contributed by atoms with Crippen LogP contribution in [0.4, 0.5) is 5.69 Å². The van der Waals surface area contributed by atoms with E-state index < -0.39 is 10.5 Å². The molecule has 0 spiro atoms. The minimum Gasteiger partial charge on any atom is -0.493 e. The van der Waals surface area contributed by atoms with Gasteiger partial charge in [-0.05, 0) is 18.6 Å². The van der Waals surface area contributed by atoms with Gasteiger partial charge in [-0.2, -0.15) is 9.61 Å². The zero-order valence-electron chi connectivity index (χ0n) is 14.8. The Bertz CT molecular complexity index is 1240. The number of rotatable bonds is 4. The Balaban J connectivity index is 1.81. The van der Waals surface area contributed by atoms with E-state index in [4.69, 9.17) is 0 Å². The third-order valence-electron chi connectivity index (χ3n) is 4.52. The number of aryl methyl sites for hydroxylation is 1. The number of nitro groups is 1. The molecule has 0 aliphatic rings. The second-order valence-electron chi connectivity index (χ2n) is 6.32. The van der Waals surface area contributed by atoms with Crippen LogP contribution in [0, 0.1) is 17.0 Å². The first-order valence-electron chi connectivity index (χ1n) is 8.43. The Hall–Kier alpha value is -4.01. The van der Waals surface area contributed by atoms with Crippen molar-refractivity contribution >= 4 is 11.3 Å². The van der Waals surface area contributed by atoms with Gasteiger partial charge in [0.05, 0.1) is 16.2 Å². The fraction of sp³-hybridized carbons (Fsp3) is 0.105. The van der Waals surface area contributed by atoms with Gasteiger partial charge in [-0.25, -0.2) is 0 Å². The van der Waals surface area contributed by atoms with Gasteiger partial charge >= 0.3 is 0 Å². The molecule has 0 saturated heterocycles. The van der Waals surface area contributed by atoms with E-state index in [9.17, 15) is 20.0 Å². The summed E-state index contributed by atoms with van der Waals surface area (Å²) >= 11 is 0. The molecule has 0 amide bonds. The van der Waals surface area contributed by atoms with Crippen molar-refractivity contribution in [3.05, 3.63) is 86.1 Å². The SMILES string of the molecule is Cc1nn2c(O)c(Cc3ccc([N+](=O)[O-])cc3)c(=O)[nH]c2c1-c1cccnc1. The molecule has 140 valence electrons. The molecule has 3 heterocycles. The van der Waals surface area contributed by atoms with Crippen LogP contribution in [-0.2, 0) is 6.42 Å². The highest BCUT2D eigenvalue weighted by Crippen LogP contribution is 2.29. The Morgan fingerprint density at radius 2 is 2.00 bits per heavy atom. The molecule has 0 fully saturated rings. The summed E-state index contributed by atoms with van der Waals surface area (Å²) in [6, 6.07) is 9.44. The van der Waals surface area contributed by atoms with Crippen molar-refractivity contribution in [1.29, 1.82) is 0 Å². The second kappa shape index (κ2) is 6.62. The molecule has 0 aliphatic heterocycles. The fourth-order valence-corrected chi connectivity index (χ4v) is 3.16. The van der Waals surface area contributed by atoms with E-state index in [1.807, 2.05) is 6.07 Å². The first-order chi connectivity index (χ1) is 13.5. The zero-order chi connectivity index (χ0) is 19.8. The van der Waals surface area contributed by atoms with E-state index in [0.29, 0.717) is 22.5 Å². The molecule has 28 heavy (non-hydrogen) atoms. The fourth-order valence-electron chi connectivity index (χ4n) is 3.16. The Labute approximate surface area is 158 Å². The lowest BCUT2D eigenvalue weighted by molar-refractivity contribution is -0.384. The standard InChI is InChI=1S/C19H15N5O4/c1-11-16(13-3-2-8-20-10-13)17-21-18(25)15(19(26)23(17)22-11)9-12-4-6-14(7-5-12)24(27)28/h2-8,10,26H,9H2,1H3,(H,21,25). The van der Waals surface area contributed by atoms with Crippen LogP contribution in [0.3, 0.4) is 0 Å². The second-order valence-corrected chi connectivity index (χ2v) is 6.32. The number of nitro benzene ring substituents is 1. The third kappa shape index (κ3) is 2.88. The van der Waals surface area contributed by atoms with Crippen LogP contribution in [0.2, 0.25) is 0 Å². The summed E-state index contributed by atoms with van der Waals surface area (Å²) in [7, 11) is 0. The molecule has 9 heteroatoms. The molecule has 4 rings (SSSR count). The van der Waals surface area contributed by atoms with E-state index in [2.05, 4.69) is 15.1 Å². The molecule has 4 aromatic rings. The molecule has 1 aromatic carbocycles. The van der Waals surface area contributed by atoms with Crippen molar-refractivity contribution in [1.82, 2.24) is 19.6 Å². The van der Waals surface area contributed by atoms with E-state index in [1.165, 1.54) is 16.6 Å². The van der Waals surface area contributed by atoms with Gasteiger partial charge in [0, 0.05) is 42.1 Å². The molecular formula is C19H15N5O4. The van der Waals surface area contributed by atoms with Gasteiger partial charge < -0.3 is 10.1 Å². The molecule has 0 unspecified atom stereocenters. The van der Waals surface area contributed by atoms with Gasteiger partial charge in [-0.1, -0.05) is 18.2 Å². The molecule has 0 aliphatic carbocycles. The number of nitrogens with zero attached hydrogens (tertiary/aromatic N) is 4. The maximum absolute atomic E-state index is 12.6. The number of aromatic nitrogens is 4. The Morgan fingerprint density at radius 3 is 2.64 bits per heavy atom. The van der Waals surface area contributed by atoms with E-state index in [0.717, 1.165) is 5.56 Å². The number of hydrogen-bond donors (Lipinski definition) is 2. The molecule has 9 nitrogen and oxygen atoms in total. The van der Waals surface area contributed by atoms with Gasteiger partial charge in [0.15, 0.2) is 0 Å². The van der Waals surface area contributed by atoms with E-state index in [-0.39, 0.29) is 23.6 Å². The number of H-pyrrole nitrogens is 1. The lowest BCUT2D eigenvalue weighted by Gasteiger charge is -2.07. The third-order valence-corrected chi connectivity index (χ3v) is 4.52. The first kappa shape index (κ1) is 17.4. The molecule has 0 radical (unpaired) electrons. The van der Waals surface area contributed by atoms with Crippen molar-refractivity contribution in [2.24, 2.45) is 0 Å². The van der Waals surface area contributed by atoms with Crippen LogP contribution in [0.25, 0.3) is 16.8 Å². The van der Waals surface area contributed by atoms with Crippen LogP contribution in [-0.4, -0.2) is 29.6 Å². The van der Waals surface area contributed by atoms with Gasteiger partial charge in [-0.15, -0.1) is 0 Å². The van der Waals surface area contributed by atoms with Gasteiger partial charge in [0.2, 0.25) is 5.88 Å². The van der Waals surface area contributed by atoms with Crippen molar-refractivity contribution in [2.75, 3.05) is 0 Å². The van der Waals surface area contributed by atoms with Crippen molar-refractivity contribution in [2.45, 2.75) is 13.3 Å². The summed E-state index contributed by atoms with van der Waals surface area (Å²) in [4.78, 5) is 29.8. The monoisotopic (exact) mass is 377 g/mol. The average Bonchev–Trinajstić information content (AvgIpc) is 3.02. The van der Waals surface area contributed by atoms with Gasteiger partial charge in [0.25, 0.3) is 11.2 Å². The minimum absolute atomic E-state index is 0.0406. The number of hydrogen-bond acceptors (Lipinski definition) is 6. The van der Waals surface area contributed by atoms with E-state index >= 15 is 0 Å². The normalized spacial score (nSPS) is 11.0. The lowest BCUT2D eigenvalue weighted by Crippen LogP contribution is -2.16. The smallest absolute Gasteiger partial charge is 0.269 e. The van der Waals surface area contributed by atoms with E-state index in [1.54, 1.807) is 37.5 Å². The Morgan fingerprint density at radius 1 is 1.25 bits per heavy atom. The highest BCUT2D eigenvalue weighted by atomic mass is 16.6. The van der Waals surface area contributed by atoms with Crippen molar-refractivity contribution in [3.63, 3.8) is 0 Å². The first-order valence-corrected chi connectivity index (χ1v) is 8.43. The summed E-state index contributed by atoms with van der Waals surface area (Å²) in [6.07, 6.45) is 3.41. The zero-order valence-corrected chi connectivity index (χ0v) is 14.8. The molecule has 2 N–H and O–H groups in total. The maximum atomic E-state index is 12.6. The van der Waals surface area contributed by atoms with Crippen LogP contribution >= 0.6 is 0 Å². The molecule has 0 atom stereocenters. The van der Waals surface area contributed by atoms with Crippen LogP contribution in [0.1, 0.15) is 16.8 Å². The molecule has 0 bridgehead atoms. The number of nitrogens with one attached hydrogen (secondary N) is 1. The van der Waals surface area contributed by atoms with Crippen LogP contribution < -0.4 is 5.56 Å². The largest absolute Gasteiger partial charge is 0.493 e. The molecule has 3 aromatic heterocycles. The number of aromatic amines is 1. The van der Waals surface area contributed by atoms with Crippen LogP contribution in [0.5, 0.6) is 5.88 Å². The number of aromatic hydroxyl groups is 1. The summed E-state index contributed by atoms with van der Waals surface area (Å²) in [6.45, 7) is 1.78. The summed E-state index contributed by atoms with van der Waals surface area (Å²) in [5.74, 6) is -0.268. The molecule has 0 saturated carbocycles. The summed E-state index contributed by atoms with van der Waals surface area (Å²) in [5.41, 5.74) is 2.75. The highest BCUT2D eigenvalue weighted by molar-refractivity contribution is 5.79. The summed E-state index contributed by atoms with van der Waals surface area (Å²) in [5, 5.41) is 25.8. The number of pyridine rings is 1. The summed E-state index contributed by atoms with van der Waals surface area (Å²) < 4.78 is 1.29. The van der Waals surface area contributed by atoms with Crippen LogP contribution in [0.15, 0.2) is 53.6 Å². The van der Waals surface area contributed by atoms with Crippen molar-refractivity contribution in [3.8, 4) is 17.0 Å². The average molecular weight is 377 g/mol. The number of non-ortho nitro benzene ring substituents is 1.